The molecule has 0 radical (unpaired) electrons. The van der Waals surface area contributed by atoms with Crippen LogP contribution in [0.15, 0.2) is 0 Å². The van der Waals surface area contributed by atoms with E-state index in [-0.39, 0.29) is 17.9 Å². The summed E-state index contributed by atoms with van der Waals surface area (Å²) in [6, 6.07) is 0. The topological polar surface area (TPSA) is 38.0 Å². The van der Waals surface area contributed by atoms with Crippen molar-refractivity contribution < 1.29 is 5.11 Å². The van der Waals surface area contributed by atoms with Crippen LogP contribution in [-0.4, -0.2) is 21.5 Å². The minimum absolute atomic E-state index is 0.0628. The van der Waals surface area contributed by atoms with Gasteiger partial charge in [0.05, 0.1) is 16.4 Å². The van der Waals surface area contributed by atoms with Crippen LogP contribution in [0.1, 0.15) is 46.0 Å². The number of rotatable bonds is 5. The molecule has 0 amide bonds. The van der Waals surface area contributed by atoms with Crippen molar-refractivity contribution in [2.45, 2.75) is 54.0 Å². The molecule has 18 heavy (non-hydrogen) atoms. The van der Waals surface area contributed by atoms with Crippen molar-refractivity contribution in [3.05, 3.63) is 16.4 Å². The summed E-state index contributed by atoms with van der Waals surface area (Å²) in [6.07, 6.45) is 1.62. The van der Waals surface area contributed by atoms with E-state index in [9.17, 15) is 5.11 Å². The molecule has 104 valence electrons. The average Bonchev–Trinajstić information content (AvgIpc) is 2.60. The van der Waals surface area contributed by atoms with Gasteiger partial charge in [0.15, 0.2) is 0 Å². The number of aliphatic hydroxyl groups excluding tert-OH is 1. The molecule has 0 spiro atoms. The number of nitrogens with zero attached hydrogens (tertiary/aromatic N) is 2. The zero-order valence-electron chi connectivity index (χ0n) is 12.1. The Bertz CT molecular complexity index is 393. The fourth-order valence-corrected chi connectivity index (χ4v) is 2.44. The molecule has 1 rings (SSSR count). The van der Waals surface area contributed by atoms with E-state index in [1.54, 1.807) is 0 Å². The van der Waals surface area contributed by atoms with Crippen LogP contribution in [0.4, 0.5) is 0 Å². The molecule has 1 unspecified atom stereocenters. The maximum Gasteiger partial charge on any atom is 0.0849 e. The van der Waals surface area contributed by atoms with E-state index in [2.05, 4.69) is 39.7 Å². The number of hydrogen-bond donors (Lipinski definition) is 1. The van der Waals surface area contributed by atoms with Crippen LogP contribution in [0.2, 0.25) is 5.02 Å². The molecule has 1 N–H and O–H groups in total. The van der Waals surface area contributed by atoms with Gasteiger partial charge in [-0.05, 0) is 31.1 Å². The van der Waals surface area contributed by atoms with Crippen molar-refractivity contribution in [1.29, 1.82) is 0 Å². The quantitative estimate of drug-likeness (QED) is 0.893. The van der Waals surface area contributed by atoms with Gasteiger partial charge in [0.25, 0.3) is 0 Å². The molecule has 4 heteroatoms. The van der Waals surface area contributed by atoms with Gasteiger partial charge in [0.1, 0.15) is 0 Å². The lowest BCUT2D eigenvalue weighted by atomic mass is 9.78. The van der Waals surface area contributed by atoms with Crippen LogP contribution >= 0.6 is 11.6 Å². The zero-order valence-corrected chi connectivity index (χ0v) is 12.9. The average molecular weight is 273 g/mol. The Morgan fingerprint density at radius 2 is 1.94 bits per heavy atom. The standard InChI is InChI=1S/C14H25ClN2O/c1-6-11-13(15)12(17(7-2)16-11)8-10(9-18)14(3,4)5/h10,18H,6-9H2,1-5H3. The Morgan fingerprint density at radius 3 is 2.33 bits per heavy atom. The number of aromatic nitrogens is 2. The molecule has 0 aliphatic carbocycles. The molecule has 0 saturated carbocycles. The molecular weight excluding hydrogens is 248 g/mol. The third-order valence-corrected chi connectivity index (χ3v) is 4.02. The maximum atomic E-state index is 9.57. The van der Waals surface area contributed by atoms with Crippen LogP contribution in [0.3, 0.4) is 0 Å². The van der Waals surface area contributed by atoms with Crippen LogP contribution in [0.25, 0.3) is 0 Å². The van der Waals surface area contributed by atoms with Crippen molar-refractivity contribution >= 4 is 11.6 Å². The van der Waals surface area contributed by atoms with E-state index < -0.39 is 0 Å². The van der Waals surface area contributed by atoms with Gasteiger partial charge in [-0.1, -0.05) is 39.3 Å². The summed E-state index contributed by atoms with van der Waals surface area (Å²) in [7, 11) is 0. The third kappa shape index (κ3) is 3.27. The Balaban J connectivity index is 3.05. The lowest BCUT2D eigenvalue weighted by Gasteiger charge is -2.29. The van der Waals surface area contributed by atoms with Crippen molar-refractivity contribution in [2.75, 3.05) is 6.61 Å². The van der Waals surface area contributed by atoms with Gasteiger partial charge in [0, 0.05) is 13.2 Å². The predicted molar refractivity (Wildman–Crippen MR) is 76.0 cm³/mol. The van der Waals surface area contributed by atoms with E-state index in [0.717, 1.165) is 35.8 Å². The highest BCUT2D eigenvalue weighted by Crippen LogP contribution is 2.32. The van der Waals surface area contributed by atoms with Crippen LogP contribution in [0, 0.1) is 11.3 Å². The van der Waals surface area contributed by atoms with E-state index in [1.165, 1.54) is 0 Å². The highest BCUT2D eigenvalue weighted by molar-refractivity contribution is 6.31. The second-order valence-corrected chi connectivity index (χ2v) is 6.20. The van der Waals surface area contributed by atoms with Gasteiger partial charge >= 0.3 is 0 Å². The van der Waals surface area contributed by atoms with Crippen molar-refractivity contribution in [3.8, 4) is 0 Å². The van der Waals surface area contributed by atoms with Crippen LogP contribution < -0.4 is 0 Å². The normalized spacial score (nSPS) is 13.9. The SMILES string of the molecule is CCc1nn(CC)c(CC(CO)C(C)(C)C)c1Cl. The summed E-state index contributed by atoms with van der Waals surface area (Å²) in [4.78, 5) is 0. The van der Waals surface area contributed by atoms with Gasteiger partial charge in [-0.3, -0.25) is 4.68 Å². The fourth-order valence-electron chi connectivity index (χ4n) is 2.09. The van der Waals surface area contributed by atoms with Crippen molar-refractivity contribution in [1.82, 2.24) is 9.78 Å². The molecule has 0 fully saturated rings. The first-order chi connectivity index (χ1) is 8.35. The molecule has 0 aliphatic rings. The molecule has 0 aromatic carbocycles. The molecule has 3 nitrogen and oxygen atoms in total. The summed E-state index contributed by atoms with van der Waals surface area (Å²) < 4.78 is 1.97. The van der Waals surface area contributed by atoms with Gasteiger partial charge in [0.2, 0.25) is 0 Å². The molecule has 1 atom stereocenters. The third-order valence-electron chi connectivity index (χ3n) is 3.58. The number of aryl methyl sites for hydroxylation is 2. The van der Waals surface area contributed by atoms with Crippen molar-refractivity contribution in [2.24, 2.45) is 11.3 Å². The second kappa shape index (κ2) is 6.07. The Morgan fingerprint density at radius 1 is 1.33 bits per heavy atom. The first-order valence-corrected chi connectivity index (χ1v) is 7.07. The van der Waals surface area contributed by atoms with E-state index in [4.69, 9.17) is 11.6 Å². The molecule has 1 heterocycles. The lowest BCUT2D eigenvalue weighted by molar-refractivity contribution is 0.129. The first kappa shape index (κ1) is 15.5. The van der Waals surface area contributed by atoms with Gasteiger partial charge in [-0.25, -0.2) is 0 Å². The zero-order chi connectivity index (χ0) is 13.9. The van der Waals surface area contributed by atoms with Crippen molar-refractivity contribution in [3.63, 3.8) is 0 Å². The minimum Gasteiger partial charge on any atom is -0.396 e. The summed E-state index contributed by atoms with van der Waals surface area (Å²) >= 11 is 6.39. The highest BCUT2D eigenvalue weighted by Gasteiger charge is 2.27. The van der Waals surface area contributed by atoms with Crippen LogP contribution in [-0.2, 0) is 19.4 Å². The largest absolute Gasteiger partial charge is 0.396 e. The summed E-state index contributed by atoms with van der Waals surface area (Å²) in [6.45, 7) is 11.6. The van der Waals surface area contributed by atoms with Gasteiger partial charge in [-0.2, -0.15) is 5.10 Å². The fraction of sp³-hybridized carbons (Fsp3) is 0.786. The maximum absolute atomic E-state index is 9.57. The van der Waals surface area contributed by atoms with E-state index in [0.29, 0.717) is 0 Å². The predicted octanol–water partition coefficient (Wildman–Crippen LogP) is 3.32. The highest BCUT2D eigenvalue weighted by atomic mass is 35.5. The number of aliphatic hydroxyl groups is 1. The van der Waals surface area contributed by atoms with E-state index in [1.807, 2.05) is 4.68 Å². The Hall–Kier alpha value is -0.540. The smallest absolute Gasteiger partial charge is 0.0849 e. The first-order valence-electron chi connectivity index (χ1n) is 6.70. The molecular formula is C14H25ClN2O. The van der Waals surface area contributed by atoms with E-state index >= 15 is 0 Å². The minimum atomic E-state index is 0.0628. The summed E-state index contributed by atoms with van der Waals surface area (Å²) in [5, 5.41) is 14.9. The van der Waals surface area contributed by atoms with Crippen LogP contribution in [0.5, 0.6) is 0 Å². The molecule has 0 bridgehead atoms. The Kier molecular flexibility index (Phi) is 5.23. The van der Waals surface area contributed by atoms with Gasteiger partial charge < -0.3 is 5.11 Å². The summed E-state index contributed by atoms with van der Waals surface area (Å²) in [5.41, 5.74) is 2.08. The Labute approximate surface area is 115 Å². The molecule has 1 aromatic rings. The number of hydrogen-bond acceptors (Lipinski definition) is 2. The van der Waals surface area contributed by atoms with Gasteiger partial charge in [-0.15, -0.1) is 0 Å². The molecule has 0 saturated heterocycles. The lowest BCUT2D eigenvalue weighted by Crippen LogP contribution is -2.27. The second-order valence-electron chi connectivity index (χ2n) is 5.83. The molecule has 0 aliphatic heterocycles. The molecule has 1 aromatic heterocycles. The summed E-state index contributed by atoms with van der Waals surface area (Å²) in [5.74, 6) is 0.196. The monoisotopic (exact) mass is 272 g/mol. The number of halogens is 1.